The first-order valence-corrected chi connectivity index (χ1v) is 6.01. The lowest BCUT2D eigenvalue weighted by Crippen LogP contribution is -1.91. The second-order valence-corrected chi connectivity index (χ2v) is 4.73. The highest BCUT2D eigenvalue weighted by atomic mass is 32.1. The van der Waals surface area contributed by atoms with E-state index >= 15 is 0 Å². The largest absolute Gasteiger partial charge is 0.477 e. The van der Waals surface area contributed by atoms with E-state index in [1.54, 1.807) is 5.38 Å². The smallest absolute Gasteiger partial charge is 0.346 e. The second kappa shape index (κ2) is 4.59. The van der Waals surface area contributed by atoms with Gasteiger partial charge in [-0.05, 0) is 31.0 Å². The van der Waals surface area contributed by atoms with Crippen molar-refractivity contribution >= 4 is 17.3 Å². The van der Waals surface area contributed by atoms with Crippen molar-refractivity contribution < 1.29 is 14.6 Å². The molecule has 0 aliphatic heterocycles. The van der Waals surface area contributed by atoms with Gasteiger partial charge in [-0.2, -0.15) is 0 Å². The Bertz CT molecular complexity index is 558. The van der Waals surface area contributed by atoms with Crippen LogP contribution in [-0.2, 0) is 0 Å². The number of hydrogen-bond donors (Lipinski definition) is 1. The lowest BCUT2D eigenvalue weighted by atomic mass is 10.1. The number of aryl methyl sites for hydroxylation is 2. The predicted octanol–water partition coefficient (Wildman–Crippen LogP) is 3.86. The minimum absolute atomic E-state index is 0.283. The molecule has 0 atom stereocenters. The zero-order chi connectivity index (χ0) is 12.4. The molecule has 1 N–H and O–H groups in total. The number of thiophene rings is 1. The number of aromatic carboxylic acids is 1. The summed E-state index contributed by atoms with van der Waals surface area (Å²) in [5.41, 5.74) is 2.14. The summed E-state index contributed by atoms with van der Waals surface area (Å²) in [6.07, 6.45) is 0. The van der Waals surface area contributed by atoms with Crippen LogP contribution in [0.25, 0.3) is 0 Å². The van der Waals surface area contributed by atoms with Gasteiger partial charge in [0.2, 0.25) is 0 Å². The van der Waals surface area contributed by atoms with Crippen LogP contribution in [0, 0.1) is 13.8 Å². The fourth-order valence-corrected chi connectivity index (χ4v) is 2.07. The number of benzene rings is 1. The Labute approximate surface area is 103 Å². The molecule has 0 radical (unpaired) electrons. The molecule has 0 amide bonds. The van der Waals surface area contributed by atoms with Gasteiger partial charge in [-0.1, -0.05) is 12.1 Å². The number of carbonyl (C=O) groups is 1. The Morgan fingerprint density at radius 2 is 2.06 bits per heavy atom. The highest BCUT2D eigenvalue weighted by Gasteiger charge is 2.09. The molecule has 1 aromatic heterocycles. The van der Waals surface area contributed by atoms with Crippen LogP contribution >= 0.6 is 11.3 Å². The molecule has 0 aliphatic carbocycles. The normalized spacial score (nSPS) is 10.2. The number of ether oxygens (including phenoxy) is 1. The third-order valence-corrected chi connectivity index (χ3v) is 3.25. The topological polar surface area (TPSA) is 46.5 Å². The van der Waals surface area contributed by atoms with E-state index in [9.17, 15) is 4.79 Å². The highest BCUT2D eigenvalue weighted by molar-refractivity contribution is 7.12. The summed E-state index contributed by atoms with van der Waals surface area (Å²) >= 11 is 1.16. The molecule has 1 aromatic carbocycles. The van der Waals surface area contributed by atoms with Crippen molar-refractivity contribution in [2.45, 2.75) is 13.8 Å². The summed E-state index contributed by atoms with van der Waals surface area (Å²) in [6.45, 7) is 3.95. The Hall–Kier alpha value is -1.81. The average Bonchev–Trinajstić information content (AvgIpc) is 2.72. The standard InChI is InChI=1S/C13H12O3S/c1-8-3-4-9(2)11(5-8)16-10-6-12(13(14)15)17-7-10/h3-7H,1-2H3,(H,14,15). The zero-order valence-corrected chi connectivity index (χ0v) is 10.4. The summed E-state index contributed by atoms with van der Waals surface area (Å²) in [5.74, 6) is 0.409. The molecular formula is C13H12O3S. The van der Waals surface area contributed by atoms with Crippen molar-refractivity contribution in [3.8, 4) is 11.5 Å². The summed E-state index contributed by atoms with van der Waals surface area (Å²) in [6, 6.07) is 7.47. The van der Waals surface area contributed by atoms with Gasteiger partial charge in [0.15, 0.2) is 0 Å². The number of carboxylic acids is 1. The molecule has 4 heteroatoms. The molecule has 17 heavy (non-hydrogen) atoms. The van der Waals surface area contributed by atoms with Crippen molar-refractivity contribution in [3.05, 3.63) is 45.6 Å². The van der Waals surface area contributed by atoms with Crippen LogP contribution in [0.1, 0.15) is 20.8 Å². The Balaban J connectivity index is 2.25. The molecule has 0 fully saturated rings. The van der Waals surface area contributed by atoms with Gasteiger partial charge in [0.1, 0.15) is 16.4 Å². The summed E-state index contributed by atoms with van der Waals surface area (Å²) in [5, 5.41) is 10.5. The van der Waals surface area contributed by atoms with Crippen LogP contribution in [0.2, 0.25) is 0 Å². The summed E-state index contributed by atoms with van der Waals surface area (Å²) in [4.78, 5) is 11.0. The molecule has 2 aromatic rings. The maximum Gasteiger partial charge on any atom is 0.346 e. The maximum absolute atomic E-state index is 10.7. The molecule has 2 rings (SSSR count). The maximum atomic E-state index is 10.7. The molecule has 0 aliphatic rings. The van der Waals surface area contributed by atoms with Crippen molar-refractivity contribution in [1.29, 1.82) is 0 Å². The molecule has 1 heterocycles. The van der Waals surface area contributed by atoms with Crippen LogP contribution in [-0.4, -0.2) is 11.1 Å². The van der Waals surface area contributed by atoms with Crippen molar-refractivity contribution in [1.82, 2.24) is 0 Å². The summed E-state index contributed by atoms with van der Waals surface area (Å²) in [7, 11) is 0. The molecule has 0 spiro atoms. The van der Waals surface area contributed by atoms with Crippen LogP contribution in [0.4, 0.5) is 0 Å². The van der Waals surface area contributed by atoms with Gasteiger partial charge in [0, 0.05) is 11.4 Å². The molecule has 0 unspecified atom stereocenters. The van der Waals surface area contributed by atoms with E-state index < -0.39 is 5.97 Å². The van der Waals surface area contributed by atoms with Gasteiger partial charge in [0.05, 0.1) is 0 Å². The van der Waals surface area contributed by atoms with E-state index in [-0.39, 0.29) is 4.88 Å². The minimum atomic E-state index is -0.925. The first-order valence-electron chi connectivity index (χ1n) is 5.13. The van der Waals surface area contributed by atoms with E-state index in [0.717, 1.165) is 28.2 Å². The lowest BCUT2D eigenvalue weighted by molar-refractivity contribution is 0.0702. The zero-order valence-electron chi connectivity index (χ0n) is 9.56. The molecule has 0 bridgehead atoms. The van der Waals surface area contributed by atoms with Crippen molar-refractivity contribution in [3.63, 3.8) is 0 Å². The van der Waals surface area contributed by atoms with Crippen LogP contribution < -0.4 is 4.74 Å². The molecular weight excluding hydrogens is 236 g/mol. The fraction of sp³-hybridized carbons (Fsp3) is 0.154. The van der Waals surface area contributed by atoms with Gasteiger partial charge in [0.25, 0.3) is 0 Å². The molecule has 3 nitrogen and oxygen atoms in total. The second-order valence-electron chi connectivity index (χ2n) is 3.82. The van der Waals surface area contributed by atoms with E-state index in [4.69, 9.17) is 9.84 Å². The number of hydrogen-bond acceptors (Lipinski definition) is 3. The Morgan fingerprint density at radius 1 is 1.29 bits per heavy atom. The molecule has 88 valence electrons. The third-order valence-electron chi connectivity index (χ3n) is 2.36. The average molecular weight is 248 g/mol. The van der Waals surface area contributed by atoms with E-state index in [0.29, 0.717) is 5.75 Å². The highest BCUT2D eigenvalue weighted by Crippen LogP contribution is 2.29. The SMILES string of the molecule is Cc1ccc(C)c(Oc2csc(C(=O)O)c2)c1. The van der Waals surface area contributed by atoms with Crippen LogP contribution in [0.5, 0.6) is 11.5 Å². The van der Waals surface area contributed by atoms with Gasteiger partial charge in [-0.15, -0.1) is 11.3 Å². The predicted molar refractivity (Wildman–Crippen MR) is 67.3 cm³/mol. The quantitative estimate of drug-likeness (QED) is 0.897. The monoisotopic (exact) mass is 248 g/mol. The van der Waals surface area contributed by atoms with Crippen molar-refractivity contribution in [2.75, 3.05) is 0 Å². The summed E-state index contributed by atoms with van der Waals surface area (Å²) < 4.78 is 5.67. The van der Waals surface area contributed by atoms with Crippen molar-refractivity contribution in [2.24, 2.45) is 0 Å². The lowest BCUT2D eigenvalue weighted by Gasteiger charge is -2.07. The Kier molecular flexibility index (Phi) is 3.15. The van der Waals surface area contributed by atoms with Crippen LogP contribution in [0.15, 0.2) is 29.6 Å². The fourth-order valence-electron chi connectivity index (χ4n) is 1.43. The Morgan fingerprint density at radius 3 is 2.71 bits per heavy atom. The van der Waals surface area contributed by atoms with Gasteiger partial charge in [-0.3, -0.25) is 0 Å². The van der Waals surface area contributed by atoms with Gasteiger partial charge in [-0.25, -0.2) is 4.79 Å². The van der Waals surface area contributed by atoms with Gasteiger partial charge >= 0.3 is 5.97 Å². The van der Waals surface area contributed by atoms with E-state index in [2.05, 4.69) is 0 Å². The molecule has 0 saturated carbocycles. The first-order chi connectivity index (χ1) is 8.06. The van der Waals surface area contributed by atoms with E-state index in [1.165, 1.54) is 6.07 Å². The number of carboxylic acid groups (broad SMARTS) is 1. The van der Waals surface area contributed by atoms with E-state index in [1.807, 2.05) is 32.0 Å². The molecule has 0 saturated heterocycles. The van der Waals surface area contributed by atoms with Gasteiger partial charge < -0.3 is 9.84 Å². The first kappa shape index (κ1) is 11.7. The number of rotatable bonds is 3. The minimum Gasteiger partial charge on any atom is -0.477 e. The van der Waals surface area contributed by atoms with Crippen LogP contribution in [0.3, 0.4) is 0 Å². The third kappa shape index (κ3) is 2.65.